The second kappa shape index (κ2) is 3.98. The van der Waals surface area contributed by atoms with Crippen molar-refractivity contribution < 1.29 is 0 Å². The maximum Gasteiger partial charge on any atom is 0.148 e. The van der Waals surface area contributed by atoms with Gasteiger partial charge >= 0.3 is 0 Å². The minimum atomic E-state index is 0.638. The number of aromatic nitrogens is 2. The number of hydrogen-bond donors (Lipinski definition) is 2. The van der Waals surface area contributed by atoms with Gasteiger partial charge in [0.1, 0.15) is 5.82 Å². The Morgan fingerprint density at radius 2 is 2.55 bits per heavy atom. The molecule has 0 amide bonds. The molecular formula is C7H14N4. The fourth-order valence-corrected chi connectivity index (χ4v) is 0.832. The lowest BCUT2D eigenvalue weighted by molar-refractivity contribution is 0.661. The molecule has 0 unspecified atom stereocenters. The Bertz CT molecular complexity index is 206. The molecule has 1 aromatic rings. The van der Waals surface area contributed by atoms with Crippen molar-refractivity contribution in [3.05, 3.63) is 12.3 Å². The Balaban J connectivity index is 2.44. The average molecular weight is 154 g/mol. The number of nitrogens with zero attached hydrogens (tertiary/aromatic N) is 2. The summed E-state index contributed by atoms with van der Waals surface area (Å²) in [6.45, 7) is 4.38. The number of rotatable bonds is 4. The van der Waals surface area contributed by atoms with Crippen LogP contribution in [0.25, 0.3) is 0 Å². The molecule has 0 saturated heterocycles. The molecule has 1 rings (SSSR count). The van der Waals surface area contributed by atoms with E-state index >= 15 is 0 Å². The molecule has 1 aromatic heterocycles. The highest BCUT2D eigenvalue weighted by molar-refractivity contribution is 5.31. The standard InChI is InChI=1S/C7H14N4/c1-2-11-6-3-7(10-11)9-5-4-8/h3,6H,2,4-5,8H2,1H3,(H,9,10). The van der Waals surface area contributed by atoms with Gasteiger partial charge < -0.3 is 11.1 Å². The van der Waals surface area contributed by atoms with Gasteiger partial charge in [0.25, 0.3) is 0 Å². The van der Waals surface area contributed by atoms with Crippen LogP contribution in [0.3, 0.4) is 0 Å². The highest BCUT2D eigenvalue weighted by atomic mass is 15.3. The summed E-state index contributed by atoms with van der Waals surface area (Å²) in [5.74, 6) is 0.900. The summed E-state index contributed by atoms with van der Waals surface area (Å²) in [6.07, 6.45) is 1.94. The number of aryl methyl sites for hydroxylation is 1. The van der Waals surface area contributed by atoms with E-state index in [0.29, 0.717) is 6.54 Å². The van der Waals surface area contributed by atoms with Crippen molar-refractivity contribution in [1.29, 1.82) is 0 Å². The van der Waals surface area contributed by atoms with Crippen LogP contribution in [0, 0.1) is 0 Å². The van der Waals surface area contributed by atoms with E-state index in [9.17, 15) is 0 Å². The number of nitrogens with two attached hydrogens (primary N) is 1. The van der Waals surface area contributed by atoms with Crippen LogP contribution in [0.1, 0.15) is 6.92 Å². The molecule has 0 radical (unpaired) electrons. The lowest BCUT2D eigenvalue weighted by Crippen LogP contribution is -2.13. The molecule has 0 atom stereocenters. The van der Waals surface area contributed by atoms with E-state index in [1.807, 2.05) is 16.9 Å². The van der Waals surface area contributed by atoms with Crippen molar-refractivity contribution in [2.45, 2.75) is 13.5 Å². The third-order valence-corrected chi connectivity index (χ3v) is 1.42. The topological polar surface area (TPSA) is 55.9 Å². The van der Waals surface area contributed by atoms with Crippen LogP contribution in [0.4, 0.5) is 5.82 Å². The van der Waals surface area contributed by atoms with Crippen LogP contribution in [0.2, 0.25) is 0 Å². The highest BCUT2D eigenvalue weighted by Crippen LogP contribution is 2.00. The molecule has 0 spiro atoms. The molecule has 62 valence electrons. The van der Waals surface area contributed by atoms with Gasteiger partial charge in [0.2, 0.25) is 0 Å². The van der Waals surface area contributed by atoms with Crippen LogP contribution >= 0.6 is 0 Å². The van der Waals surface area contributed by atoms with Crippen molar-refractivity contribution in [2.24, 2.45) is 5.73 Å². The predicted molar refractivity (Wildman–Crippen MR) is 45.4 cm³/mol. The quantitative estimate of drug-likeness (QED) is 0.654. The summed E-state index contributed by atoms with van der Waals surface area (Å²) >= 11 is 0. The largest absolute Gasteiger partial charge is 0.367 e. The first-order valence-electron chi connectivity index (χ1n) is 3.84. The van der Waals surface area contributed by atoms with Gasteiger partial charge in [0.15, 0.2) is 0 Å². The normalized spacial score (nSPS) is 10.0. The second-order valence-corrected chi connectivity index (χ2v) is 2.27. The van der Waals surface area contributed by atoms with Crippen molar-refractivity contribution >= 4 is 5.82 Å². The number of anilines is 1. The summed E-state index contributed by atoms with van der Waals surface area (Å²) in [5.41, 5.74) is 5.32. The molecule has 0 saturated carbocycles. The van der Waals surface area contributed by atoms with Gasteiger partial charge in [-0.25, -0.2) is 0 Å². The molecule has 0 aliphatic carbocycles. The summed E-state index contributed by atoms with van der Waals surface area (Å²) in [4.78, 5) is 0. The van der Waals surface area contributed by atoms with Gasteiger partial charge in [-0.3, -0.25) is 4.68 Å². The van der Waals surface area contributed by atoms with E-state index in [0.717, 1.165) is 18.9 Å². The Hall–Kier alpha value is -1.03. The van der Waals surface area contributed by atoms with Crippen LogP contribution in [-0.2, 0) is 6.54 Å². The van der Waals surface area contributed by atoms with Crippen LogP contribution < -0.4 is 11.1 Å². The zero-order valence-corrected chi connectivity index (χ0v) is 6.75. The average Bonchev–Trinajstić information content (AvgIpc) is 2.48. The van der Waals surface area contributed by atoms with Crippen molar-refractivity contribution in [3.8, 4) is 0 Å². The molecule has 0 fully saturated rings. The lowest BCUT2D eigenvalue weighted by atomic mass is 10.6. The van der Waals surface area contributed by atoms with Crippen molar-refractivity contribution in [2.75, 3.05) is 18.4 Å². The summed E-state index contributed by atoms with van der Waals surface area (Å²) in [6, 6.07) is 1.94. The van der Waals surface area contributed by atoms with Gasteiger partial charge in [0, 0.05) is 31.9 Å². The molecule has 4 heteroatoms. The van der Waals surface area contributed by atoms with Gasteiger partial charge in [-0.2, -0.15) is 5.10 Å². The first kappa shape index (κ1) is 8.07. The molecule has 11 heavy (non-hydrogen) atoms. The minimum absolute atomic E-state index is 0.638. The first-order chi connectivity index (χ1) is 5.36. The molecular weight excluding hydrogens is 140 g/mol. The van der Waals surface area contributed by atoms with Gasteiger partial charge in [0.05, 0.1) is 0 Å². The first-order valence-corrected chi connectivity index (χ1v) is 3.84. The smallest absolute Gasteiger partial charge is 0.148 e. The van der Waals surface area contributed by atoms with E-state index in [1.165, 1.54) is 0 Å². The van der Waals surface area contributed by atoms with Gasteiger partial charge in [-0.05, 0) is 6.92 Å². The maximum atomic E-state index is 5.32. The maximum absolute atomic E-state index is 5.32. The Labute approximate surface area is 66.4 Å². The molecule has 4 nitrogen and oxygen atoms in total. The fraction of sp³-hybridized carbons (Fsp3) is 0.571. The summed E-state index contributed by atoms with van der Waals surface area (Å²) in [5, 5.41) is 7.31. The molecule has 3 N–H and O–H groups in total. The van der Waals surface area contributed by atoms with Gasteiger partial charge in [-0.15, -0.1) is 0 Å². The third kappa shape index (κ3) is 2.23. The Kier molecular flexibility index (Phi) is 2.92. The molecule has 1 heterocycles. The molecule has 0 bridgehead atoms. The Morgan fingerprint density at radius 3 is 3.09 bits per heavy atom. The molecule has 0 aliphatic heterocycles. The van der Waals surface area contributed by atoms with Crippen LogP contribution in [0.15, 0.2) is 12.3 Å². The second-order valence-electron chi connectivity index (χ2n) is 2.27. The molecule has 0 aromatic carbocycles. The minimum Gasteiger partial charge on any atom is -0.367 e. The summed E-state index contributed by atoms with van der Waals surface area (Å²) in [7, 11) is 0. The summed E-state index contributed by atoms with van der Waals surface area (Å²) < 4.78 is 1.87. The lowest BCUT2D eigenvalue weighted by Gasteiger charge is -1.98. The fourth-order valence-electron chi connectivity index (χ4n) is 0.832. The number of hydrogen-bond acceptors (Lipinski definition) is 3. The van der Waals surface area contributed by atoms with E-state index in [2.05, 4.69) is 17.3 Å². The number of nitrogens with one attached hydrogen (secondary N) is 1. The third-order valence-electron chi connectivity index (χ3n) is 1.42. The van der Waals surface area contributed by atoms with E-state index in [-0.39, 0.29) is 0 Å². The predicted octanol–water partition coefficient (Wildman–Crippen LogP) is 0.274. The SMILES string of the molecule is CCn1ccc(NCCN)n1. The van der Waals surface area contributed by atoms with Crippen molar-refractivity contribution in [1.82, 2.24) is 9.78 Å². The van der Waals surface area contributed by atoms with E-state index < -0.39 is 0 Å². The van der Waals surface area contributed by atoms with Crippen molar-refractivity contribution in [3.63, 3.8) is 0 Å². The van der Waals surface area contributed by atoms with E-state index in [4.69, 9.17) is 5.73 Å². The van der Waals surface area contributed by atoms with Gasteiger partial charge in [-0.1, -0.05) is 0 Å². The molecule has 0 aliphatic rings. The highest BCUT2D eigenvalue weighted by Gasteiger charge is 1.93. The Morgan fingerprint density at radius 1 is 1.73 bits per heavy atom. The zero-order valence-electron chi connectivity index (χ0n) is 6.75. The van der Waals surface area contributed by atoms with E-state index in [1.54, 1.807) is 0 Å². The zero-order chi connectivity index (χ0) is 8.10. The van der Waals surface area contributed by atoms with Crippen LogP contribution in [0.5, 0.6) is 0 Å². The monoisotopic (exact) mass is 154 g/mol. The van der Waals surface area contributed by atoms with Crippen LogP contribution in [-0.4, -0.2) is 22.9 Å².